The molecule has 0 saturated carbocycles. The standard InChI is InChI=1S/C34H27ClN4O5S/c1-21(40)36-25-11-15-27(16-12-25)39-31(41)20-30(34(39)44)45-28-17-13-26(14-18-28)37-33(43)29(19-22-7-9-24(35)10-8-22)38-32(42)23-5-3-2-4-6-23/h2-19,30H,20H2,1H3,(H,36,40)(H,37,43)(H,38,42)/b29-19-. The molecule has 1 fully saturated rings. The van der Waals surface area contributed by atoms with Gasteiger partial charge in [-0.25, -0.2) is 4.90 Å². The Hall–Kier alpha value is -5.19. The van der Waals surface area contributed by atoms with Crippen molar-refractivity contribution in [2.75, 3.05) is 15.5 Å². The molecule has 226 valence electrons. The number of amides is 5. The Morgan fingerprint density at radius 2 is 1.44 bits per heavy atom. The van der Waals surface area contributed by atoms with Crippen LogP contribution < -0.4 is 20.9 Å². The molecule has 0 bridgehead atoms. The third-order valence-corrected chi connectivity index (χ3v) is 8.10. The van der Waals surface area contributed by atoms with Crippen LogP contribution in [0.25, 0.3) is 6.08 Å². The molecule has 45 heavy (non-hydrogen) atoms. The monoisotopic (exact) mass is 638 g/mol. The van der Waals surface area contributed by atoms with Crippen LogP contribution in [0.4, 0.5) is 17.1 Å². The number of rotatable bonds is 9. The summed E-state index contributed by atoms with van der Waals surface area (Å²) < 4.78 is 0. The van der Waals surface area contributed by atoms with E-state index in [1.54, 1.807) is 109 Å². The largest absolute Gasteiger partial charge is 0.326 e. The van der Waals surface area contributed by atoms with E-state index < -0.39 is 17.1 Å². The molecule has 11 heteroatoms. The fraction of sp³-hybridized carbons (Fsp3) is 0.0882. The number of carbonyl (C=O) groups excluding carboxylic acids is 5. The van der Waals surface area contributed by atoms with Crippen molar-refractivity contribution in [2.45, 2.75) is 23.5 Å². The Kier molecular flexibility index (Phi) is 9.76. The molecule has 0 aliphatic carbocycles. The maximum Gasteiger partial charge on any atom is 0.272 e. The van der Waals surface area contributed by atoms with Gasteiger partial charge in [0.2, 0.25) is 17.7 Å². The topological polar surface area (TPSA) is 125 Å². The minimum atomic E-state index is -0.616. The maximum absolute atomic E-state index is 13.3. The summed E-state index contributed by atoms with van der Waals surface area (Å²) in [6.45, 7) is 1.40. The van der Waals surface area contributed by atoms with Gasteiger partial charge in [0, 0.05) is 40.2 Å². The normalized spacial score (nSPS) is 14.7. The molecule has 4 aromatic rings. The molecule has 5 rings (SSSR count). The zero-order valence-corrected chi connectivity index (χ0v) is 25.5. The Bertz CT molecular complexity index is 1780. The van der Waals surface area contributed by atoms with Crippen molar-refractivity contribution in [1.29, 1.82) is 0 Å². The van der Waals surface area contributed by atoms with E-state index in [1.165, 1.54) is 18.7 Å². The number of anilines is 3. The summed E-state index contributed by atoms with van der Waals surface area (Å²) in [5.41, 5.74) is 2.56. The third kappa shape index (κ3) is 8.05. The van der Waals surface area contributed by atoms with Gasteiger partial charge < -0.3 is 16.0 Å². The van der Waals surface area contributed by atoms with Crippen LogP contribution in [0.5, 0.6) is 0 Å². The Balaban J connectivity index is 1.25. The molecule has 0 aromatic heterocycles. The van der Waals surface area contributed by atoms with Gasteiger partial charge in [0.05, 0.1) is 10.9 Å². The second-order valence-electron chi connectivity index (χ2n) is 10.0. The first-order chi connectivity index (χ1) is 21.7. The zero-order valence-electron chi connectivity index (χ0n) is 24.0. The highest BCUT2D eigenvalue weighted by atomic mass is 35.5. The van der Waals surface area contributed by atoms with Gasteiger partial charge in [0.15, 0.2) is 0 Å². The molecule has 3 N–H and O–H groups in total. The smallest absolute Gasteiger partial charge is 0.272 e. The van der Waals surface area contributed by atoms with Crippen molar-refractivity contribution < 1.29 is 24.0 Å². The molecule has 9 nitrogen and oxygen atoms in total. The second-order valence-corrected chi connectivity index (χ2v) is 11.7. The average molecular weight is 639 g/mol. The molecule has 1 aliphatic rings. The zero-order chi connectivity index (χ0) is 31.9. The van der Waals surface area contributed by atoms with Gasteiger partial charge in [-0.1, -0.05) is 41.9 Å². The van der Waals surface area contributed by atoms with E-state index in [4.69, 9.17) is 11.6 Å². The average Bonchev–Trinajstić information content (AvgIpc) is 3.31. The minimum absolute atomic E-state index is 0.0323. The molecule has 4 aromatic carbocycles. The van der Waals surface area contributed by atoms with Gasteiger partial charge in [-0.05, 0) is 84.4 Å². The molecule has 0 radical (unpaired) electrons. The second kappa shape index (κ2) is 14.1. The van der Waals surface area contributed by atoms with Gasteiger partial charge in [-0.3, -0.25) is 24.0 Å². The highest BCUT2D eigenvalue weighted by molar-refractivity contribution is 8.00. The lowest BCUT2D eigenvalue weighted by molar-refractivity contribution is -0.121. The molecule has 1 aliphatic heterocycles. The first-order valence-corrected chi connectivity index (χ1v) is 15.1. The van der Waals surface area contributed by atoms with Crippen molar-refractivity contribution >= 4 is 76.0 Å². The van der Waals surface area contributed by atoms with E-state index in [-0.39, 0.29) is 29.8 Å². The van der Waals surface area contributed by atoms with Crippen LogP contribution >= 0.6 is 23.4 Å². The number of nitrogens with zero attached hydrogens (tertiary/aromatic N) is 1. The summed E-state index contributed by atoms with van der Waals surface area (Å²) in [5, 5.41) is 8.07. The Morgan fingerprint density at radius 1 is 0.822 bits per heavy atom. The number of hydrogen-bond donors (Lipinski definition) is 3. The number of imide groups is 1. The number of halogens is 1. The van der Waals surface area contributed by atoms with E-state index >= 15 is 0 Å². The van der Waals surface area contributed by atoms with Crippen LogP contribution in [0.15, 0.2) is 114 Å². The fourth-order valence-electron chi connectivity index (χ4n) is 4.51. The van der Waals surface area contributed by atoms with E-state index in [0.29, 0.717) is 33.2 Å². The van der Waals surface area contributed by atoms with Gasteiger partial charge in [-0.15, -0.1) is 11.8 Å². The Labute approximate surface area is 268 Å². The number of benzene rings is 4. The Morgan fingerprint density at radius 3 is 2.09 bits per heavy atom. The quantitative estimate of drug-likeness (QED) is 0.150. The summed E-state index contributed by atoms with van der Waals surface area (Å²) in [4.78, 5) is 65.2. The van der Waals surface area contributed by atoms with Crippen LogP contribution in [0.3, 0.4) is 0 Å². The molecular formula is C34H27ClN4O5S. The van der Waals surface area contributed by atoms with Crippen LogP contribution in [-0.4, -0.2) is 34.8 Å². The minimum Gasteiger partial charge on any atom is -0.326 e. The van der Waals surface area contributed by atoms with Gasteiger partial charge >= 0.3 is 0 Å². The van der Waals surface area contributed by atoms with Gasteiger partial charge in [0.25, 0.3) is 11.8 Å². The number of hydrogen-bond acceptors (Lipinski definition) is 6. The molecule has 1 atom stereocenters. The molecule has 0 spiro atoms. The summed E-state index contributed by atoms with van der Waals surface area (Å²) in [6.07, 6.45) is 1.59. The molecular weight excluding hydrogens is 612 g/mol. The van der Waals surface area contributed by atoms with Crippen molar-refractivity contribution in [3.05, 3.63) is 125 Å². The summed E-state index contributed by atoms with van der Waals surface area (Å²) >= 11 is 7.25. The molecule has 5 amide bonds. The van der Waals surface area contributed by atoms with E-state index in [0.717, 1.165) is 9.80 Å². The lowest BCUT2D eigenvalue weighted by atomic mass is 10.1. The number of carbonyl (C=O) groups is 5. The molecule has 1 heterocycles. The SMILES string of the molecule is CC(=O)Nc1ccc(N2C(=O)CC(Sc3ccc(NC(=O)/C(=C/c4ccc(Cl)cc4)NC(=O)c4ccccc4)cc3)C2=O)cc1. The first-order valence-electron chi connectivity index (χ1n) is 13.8. The molecule has 1 saturated heterocycles. The number of nitrogens with one attached hydrogen (secondary N) is 3. The third-order valence-electron chi connectivity index (χ3n) is 6.65. The van der Waals surface area contributed by atoms with Crippen molar-refractivity contribution in [1.82, 2.24) is 5.32 Å². The van der Waals surface area contributed by atoms with Crippen LogP contribution in [0.1, 0.15) is 29.3 Å². The first kappa shape index (κ1) is 31.2. The van der Waals surface area contributed by atoms with Crippen molar-refractivity contribution in [3.63, 3.8) is 0 Å². The van der Waals surface area contributed by atoms with E-state index in [2.05, 4.69) is 16.0 Å². The predicted molar refractivity (Wildman–Crippen MR) is 176 cm³/mol. The van der Waals surface area contributed by atoms with Crippen LogP contribution in [0.2, 0.25) is 5.02 Å². The van der Waals surface area contributed by atoms with Crippen molar-refractivity contribution in [2.24, 2.45) is 0 Å². The summed E-state index contributed by atoms with van der Waals surface area (Å²) in [6, 6.07) is 28.7. The van der Waals surface area contributed by atoms with Crippen LogP contribution in [0, 0.1) is 0 Å². The van der Waals surface area contributed by atoms with E-state index in [9.17, 15) is 24.0 Å². The highest BCUT2D eigenvalue weighted by Crippen LogP contribution is 2.34. The summed E-state index contributed by atoms with van der Waals surface area (Å²) in [5.74, 6) is -1.84. The van der Waals surface area contributed by atoms with E-state index in [1.807, 2.05) is 0 Å². The lowest BCUT2D eigenvalue weighted by Crippen LogP contribution is -2.31. The fourth-order valence-corrected chi connectivity index (χ4v) is 5.69. The number of thioether (sulfide) groups is 1. The molecule has 1 unspecified atom stereocenters. The lowest BCUT2D eigenvalue weighted by Gasteiger charge is -2.15. The van der Waals surface area contributed by atoms with Crippen LogP contribution in [-0.2, 0) is 19.2 Å². The highest BCUT2D eigenvalue weighted by Gasteiger charge is 2.40. The predicted octanol–water partition coefficient (Wildman–Crippen LogP) is 6.13. The maximum atomic E-state index is 13.3. The van der Waals surface area contributed by atoms with Crippen molar-refractivity contribution in [3.8, 4) is 0 Å². The van der Waals surface area contributed by atoms with Gasteiger partial charge in [-0.2, -0.15) is 0 Å². The summed E-state index contributed by atoms with van der Waals surface area (Å²) in [7, 11) is 0. The van der Waals surface area contributed by atoms with Gasteiger partial charge in [0.1, 0.15) is 5.70 Å².